The van der Waals surface area contributed by atoms with E-state index in [0.717, 1.165) is 12.8 Å². The minimum Gasteiger partial charge on any atom is -0.481 e. The summed E-state index contributed by atoms with van der Waals surface area (Å²) < 4.78 is 0. The van der Waals surface area contributed by atoms with Gasteiger partial charge in [-0.2, -0.15) is 0 Å². The minimum atomic E-state index is -1.40. The van der Waals surface area contributed by atoms with Crippen molar-refractivity contribution in [3.63, 3.8) is 0 Å². The van der Waals surface area contributed by atoms with E-state index in [1.165, 1.54) is 11.9 Å². The van der Waals surface area contributed by atoms with E-state index in [-0.39, 0.29) is 0 Å². The van der Waals surface area contributed by atoms with Gasteiger partial charge >= 0.3 is 18.0 Å². The number of hydrogen-bond acceptors (Lipinski definition) is 3. The van der Waals surface area contributed by atoms with Gasteiger partial charge in [0.2, 0.25) is 0 Å². The van der Waals surface area contributed by atoms with Crippen LogP contribution in [0.25, 0.3) is 0 Å². The normalized spacial score (nSPS) is 11.6. The average Bonchev–Trinajstić information content (AvgIpc) is 2.23. The largest absolute Gasteiger partial charge is 0.481 e. The molecule has 7 heteroatoms. The van der Waals surface area contributed by atoms with E-state index in [4.69, 9.17) is 10.2 Å². The minimum absolute atomic E-state index is 0.502. The maximum Gasteiger partial charge on any atom is 0.326 e. The summed E-state index contributed by atoms with van der Waals surface area (Å²) in [4.78, 5) is 34.0. The monoisotopic (exact) mass is 246 g/mol. The third kappa shape index (κ3) is 6.39. The van der Waals surface area contributed by atoms with Crippen LogP contribution in [-0.4, -0.2) is 52.7 Å². The van der Waals surface area contributed by atoms with E-state index in [1.54, 1.807) is 0 Å². The highest BCUT2D eigenvalue weighted by molar-refractivity contribution is 5.86. The number of carboxylic acids is 2. The zero-order valence-electron chi connectivity index (χ0n) is 9.97. The van der Waals surface area contributed by atoms with Crippen LogP contribution in [-0.2, 0) is 9.59 Å². The van der Waals surface area contributed by atoms with Crippen LogP contribution in [0.1, 0.15) is 26.2 Å². The molecule has 0 aromatic carbocycles. The Balaban J connectivity index is 4.29. The first-order chi connectivity index (χ1) is 7.88. The van der Waals surface area contributed by atoms with Gasteiger partial charge in [-0.1, -0.05) is 13.3 Å². The van der Waals surface area contributed by atoms with Gasteiger partial charge in [-0.15, -0.1) is 0 Å². The second-order valence-electron chi connectivity index (χ2n) is 3.71. The molecule has 0 heterocycles. The van der Waals surface area contributed by atoms with Gasteiger partial charge in [0.15, 0.2) is 0 Å². The lowest BCUT2D eigenvalue weighted by Gasteiger charge is -2.20. The van der Waals surface area contributed by atoms with Crippen molar-refractivity contribution in [1.29, 1.82) is 0 Å². The molecule has 0 bridgehead atoms. The fourth-order valence-corrected chi connectivity index (χ4v) is 1.13. The summed E-state index contributed by atoms with van der Waals surface area (Å²) in [5, 5.41) is 19.4. The van der Waals surface area contributed by atoms with Crippen LogP contribution in [0, 0.1) is 0 Å². The second-order valence-corrected chi connectivity index (χ2v) is 3.71. The summed E-state index contributed by atoms with van der Waals surface area (Å²) in [6, 6.07) is -1.98. The second kappa shape index (κ2) is 7.48. The molecular formula is C10H18N2O5. The van der Waals surface area contributed by atoms with E-state index < -0.39 is 30.4 Å². The SMILES string of the molecule is CCCCN(C)C(=O)N[C@H](CC(=O)O)C(=O)O. The molecule has 17 heavy (non-hydrogen) atoms. The third-order valence-corrected chi connectivity index (χ3v) is 2.17. The molecule has 98 valence electrons. The maximum absolute atomic E-state index is 11.5. The number of rotatable bonds is 7. The Hall–Kier alpha value is -1.79. The van der Waals surface area contributed by atoms with Crippen LogP contribution in [0.4, 0.5) is 4.79 Å². The predicted molar refractivity (Wildman–Crippen MR) is 59.7 cm³/mol. The van der Waals surface area contributed by atoms with E-state index in [9.17, 15) is 14.4 Å². The number of nitrogens with zero attached hydrogens (tertiary/aromatic N) is 1. The number of hydrogen-bond donors (Lipinski definition) is 3. The Morgan fingerprint density at radius 3 is 2.29 bits per heavy atom. The van der Waals surface area contributed by atoms with E-state index in [1.807, 2.05) is 6.92 Å². The van der Waals surface area contributed by atoms with Gasteiger partial charge in [0.1, 0.15) is 6.04 Å². The first-order valence-electron chi connectivity index (χ1n) is 5.34. The van der Waals surface area contributed by atoms with Crippen molar-refractivity contribution in [3.8, 4) is 0 Å². The summed E-state index contributed by atoms with van der Waals surface area (Å²) in [6.45, 7) is 2.47. The lowest BCUT2D eigenvalue weighted by molar-refractivity contribution is -0.145. The highest BCUT2D eigenvalue weighted by atomic mass is 16.4. The number of aliphatic carboxylic acids is 2. The highest BCUT2D eigenvalue weighted by Gasteiger charge is 2.24. The van der Waals surface area contributed by atoms with Gasteiger partial charge in [0.05, 0.1) is 6.42 Å². The molecule has 0 aliphatic carbocycles. The fourth-order valence-electron chi connectivity index (χ4n) is 1.13. The molecule has 0 radical (unpaired) electrons. The summed E-state index contributed by atoms with van der Waals surface area (Å²) in [7, 11) is 1.53. The van der Waals surface area contributed by atoms with Gasteiger partial charge in [-0.3, -0.25) is 4.79 Å². The van der Waals surface area contributed by atoms with E-state index in [2.05, 4.69) is 5.32 Å². The number of nitrogens with one attached hydrogen (secondary N) is 1. The smallest absolute Gasteiger partial charge is 0.326 e. The molecule has 2 amide bonds. The molecule has 1 atom stereocenters. The lowest BCUT2D eigenvalue weighted by Crippen LogP contribution is -2.47. The molecule has 3 N–H and O–H groups in total. The quantitative estimate of drug-likeness (QED) is 0.601. The van der Waals surface area contributed by atoms with Gasteiger partial charge < -0.3 is 20.4 Å². The topological polar surface area (TPSA) is 107 Å². The molecule has 0 rings (SSSR count). The van der Waals surface area contributed by atoms with E-state index >= 15 is 0 Å². The molecule has 0 aliphatic rings. The van der Waals surface area contributed by atoms with Crippen LogP contribution in [0.3, 0.4) is 0 Å². The van der Waals surface area contributed by atoms with Crippen molar-refractivity contribution >= 4 is 18.0 Å². The van der Waals surface area contributed by atoms with Gasteiger partial charge in [-0.05, 0) is 6.42 Å². The molecule has 0 saturated heterocycles. The van der Waals surface area contributed by atoms with Crippen molar-refractivity contribution < 1.29 is 24.6 Å². The number of carbonyl (C=O) groups excluding carboxylic acids is 1. The summed E-state index contributed by atoms with van der Waals surface area (Å²) >= 11 is 0. The Morgan fingerprint density at radius 2 is 1.88 bits per heavy atom. The summed E-state index contributed by atoms with van der Waals surface area (Å²) in [5.41, 5.74) is 0. The predicted octanol–water partition coefficient (Wildman–Crippen LogP) is 0.356. The average molecular weight is 246 g/mol. The lowest BCUT2D eigenvalue weighted by atomic mass is 10.2. The van der Waals surface area contributed by atoms with Crippen LogP contribution < -0.4 is 5.32 Å². The zero-order chi connectivity index (χ0) is 13.4. The molecule has 0 saturated carbocycles. The molecular weight excluding hydrogens is 228 g/mol. The first kappa shape index (κ1) is 15.2. The highest BCUT2D eigenvalue weighted by Crippen LogP contribution is 1.97. The number of urea groups is 1. The number of unbranched alkanes of at least 4 members (excludes halogenated alkanes) is 1. The molecule has 0 spiro atoms. The van der Waals surface area contributed by atoms with Gasteiger partial charge in [0, 0.05) is 13.6 Å². The molecule has 0 aliphatic heterocycles. The molecule has 0 unspecified atom stereocenters. The molecule has 0 fully saturated rings. The Labute approximate surface area is 99.4 Å². The summed E-state index contributed by atoms with van der Waals surface area (Å²) in [6.07, 6.45) is 1.08. The van der Waals surface area contributed by atoms with Crippen LogP contribution in [0.2, 0.25) is 0 Å². The zero-order valence-corrected chi connectivity index (χ0v) is 9.97. The standard InChI is InChI=1S/C10H18N2O5/c1-3-4-5-12(2)10(17)11-7(9(15)16)6-8(13)14/h7H,3-6H2,1-2H3,(H,11,17)(H,13,14)(H,15,16)/t7-/m1/s1. The Morgan fingerprint density at radius 1 is 1.29 bits per heavy atom. The summed E-state index contributed by atoms with van der Waals surface area (Å²) in [5.74, 6) is -2.63. The molecule has 0 aromatic rings. The van der Waals surface area contributed by atoms with Crippen molar-refractivity contribution in [2.45, 2.75) is 32.2 Å². The van der Waals surface area contributed by atoms with Crippen LogP contribution >= 0.6 is 0 Å². The fraction of sp³-hybridized carbons (Fsp3) is 0.700. The van der Waals surface area contributed by atoms with Crippen molar-refractivity contribution in [3.05, 3.63) is 0 Å². The van der Waals surface area contributed by atoms with E-state index in [0.29, 0.717) is 6.54 Å². The van der Waals surface area contributed by atoms with Crippen LogP contribution in [0.15, 0.2) is 0 Å². The first-order valence-corrected chi connectivity index (χ1v) is 5.34. The van der Waals surface area contributed by atoms with Crippen molar-refractivity contribution in [2.24, 2.45) is 0 Å². The Kier molecular flexibility index (Phi) is 6.69. The number of amides is 2. The molecule has 0 aromatic heterocycles. The third-order valence-electron chi connectivity index (χ3n) is 2.17. The van der Waals surface area contributed by atoms with Crippen molar-refractivity contribution in [1.82, 2.24) is 10.2 Å². The number of carboxylic acid groups (broad SMARTS) is 2. The van der Waals surface area contributed by atoms with Crippen molar-refractivity contribution in [2.75, 3.05) is 13.6 Å². The maximum atomic E-state index is 11.5. The Bertz CT molecular complexity index is 292. The number of carbonyl (C=O) groups is 3. The van der Waals surface area contributed by atoms with Crippen LogP contribution in [0.5, 0.6) is 0 Å². The molecule has 7 nitrogen and oxygen atoms in total. The van der Waals surface area contributed by atoms with Gasteiger partial charge in [-0.25, -0.2) is 9.59 Å². The van der Waals surface area contributed by atoms with Gasteiger partial charge in [0.25, 0.3) is 0 Å².